The quantitative estimate of drug-likeness (QED) is 0.696. The van der Waals surface area contributed by atoms with Gasteiger partial charge in [0, 0.05) is 24.7 Å². The topological polar surface area (TPSA) is 74.8 Å². The summed E-state index contributed by atoms with van der Waals surface area (Å²) in [5.41, 5.74) is 1.59. The highest BCUT2D eigenvalue weighted by Crippen LogP contribution is 2.40. The molecule has 0 bridgehead atoms. The first-order valence-electron chi connectivity index (χ1n) is 10.5. The normalized spacial score (nSPS) is 25.9. The van der Waals surface area contributed by atoms with E-state index in [0.29, 0.717) is 48.4 Å². The van der Waals surface area contributed by atoms with Gasteiger partial charge in [0.15, 0.2) is 11.5 Å². The van der Waals surface area contributed by atoms with Gasteiger partial charge in [0.2, 0.25) is 0 Å². The monoisotopic (exact) mass is 406 g/mol. The summed E-state index contributed by atoms with van der Waals surface area (Å²) in [6.07, 6.45) is 2.37. The number of benzene rings is 2. The predicted octanol–water partition coefficient (Wildman–Crippen LogP) is 3.47. The van der Waals surface area contributed by atoms with E-state index in [1.54, 1.807) is 7.11 Å². The van der Waals surface area contributed by atoms with Crippen LogP contribution < -0.4 is 9.47 Å². The number of aromatic nitrogens is 1. The van der Waals surface area contributed by atoms with Crippen LogP contribution in [-0.2, 0) is 0 Å². The standard InChI is InChI=1S/C24H26N2O4/c1-29-20-7-2-3-8-21(20)30-22-12-17-14-26(13-16(17)11-19(22)27)24(28)18-6-4-5-15-9-10-25-23(15)18/h2-10,16-17,19,22,25,27H,11-14H2,1H3/t16-,17+,19+,22+/m0/s1. The lowest BCUT2D eigenvalue weighted by Crippen LogP contribution is -2.42. The molecule has 2 heterocycles. The molecular formula is C24H26N2O4. The summed E-state index contributed by atoms with van der Waals surface area (Å²) < 4.78 is 11.5. The number of carbonyl (C=O) groups is 1. The molecule has 30 heavy (non-hydrogen) atoms. The lowest BCUT2D eigenvalue weighted by atomic mass is 9.78. The molecule has 1 saturated carbocycles. The van der Waals surface area contributed by atoms with E-state index in [9.17, 15) is 9.90 Å². The number of hydrogen-bond acceptors (Lipinski definition) is 4. The number of aliphatic hydroxyl groups is 1. The summed E-state index contributed by atoms with van der Waals surface area (Å²) in [7, 11) is 1.61. The molecule has 1 amide bonds. The van der Waals surface area contributed by atoms with Crippen molar-refractivity contribution in [2.45, 2.75) is 25.0 Å². The lowest BCUT2D eigenvalue weighted by molar-refractivity contribution is -0.0240. The molecule has 1 aromatic heterocycles. The van der Waals surface area contributed by atoms with Crippen LogP contribution in [0.1, 0.15) is 23.2 Å². The first-order valence-corrected chi connectivity index (χ1v) is 10.5. The first-order chi connectivity index (χ1) is 14.6. The second-order valence-electron chi connectivity index (χ2n) is 8.32. The Morgan fingerprint density at radius 3 is 2.60 bits per heavy atom. The zero-order valence-corrected chi connectivity index (χ0v) is 17.0. The highest BCUT2D eigenvalue weighted by molar-refractivity contribution is 6.05. The van der Waals surface area contributed by atoms with E-state index in [-0.39, 0.29) is 12.0 Å². The van der Waals surface area contributed by atoms with Crippen molar-refractivity contribution >= 4 is 16.8 Å². The Morgan fingerprint density at radius 2 is 1.80 bits per heavy atom. The molecule has 2 N–H and O–H groups in total. The van der Waals surface area contributed by atoms with Crippen LogP contribution >= 0.6 is 0 Å². The van der Waals surface area contributed by atoms with E-state index in [4.69, 9.17) is 9.47 Å². The van der Waals surface area contributed by atoms with Crippen LogP contribution in [-0.4, -0.2) is 53.3 Å². The fraction of sp³-hybridized carbons (Fsp3) is 0.375. The Bertz CT molecular complexity index is 1060. The Balaban J connectivity index is 1.31. The van der Waals surface area contributed by atoms with Gasteiger partial charge in [-0.25, -0.2) is 0 Å². The van der Waals surface area contributed by atoms with Crippen LogP contribution in [0.5, 0.6) is 11.5 Å². The minimum absolute atomic E-state index is 0.0501. The van der Waals surface area contributed by atoms with Gasteiger partial charge in [-0.2, -0.15) is 0 Å². The Kier molecular flexibility index (Phi) is 4.87. The number of ether oxygens (including phenoxy) is 2. The van der Waals surface area contributed by atoms with Gasteiger partial charge in [0.1, 0.15) is 6.10 Å². The Morgan fingerprint density at radius 1 is 1.03 bits per heavy atom. The summed E-state index contributed by atoms with van der Waals surface area (Å²) in [6.45, 7) is 1.37. The summed E-state index contributed by atoms with van der Waals surface area (Å²) in [6, 6.07) is 15.3. The van der Waals surface area contributed by atoms with Crippen LogP contribution in [0.3, 0.4) is 0 Å². The highest BCUT2D eigenvalue weighted by Gasteiger charge is 2.44. The van der Waals surface area contributed by atoms with E-state index < -0.39 is 6.10 Å². The number of nitrogens with one attached hydrogen (secondary N) is 1. The van der Waals surface area contributed by atoms with Crippen molar-refractivity contribution in [2.75, 3.05) is 20.2 Å². The number of hydrogen-bond donors (Lipinski definition) is 2. The third-order valence-electron chi connectivity index (χ3n) is 6.54. The largest absolute Gasteiger partial charge is 0.493 e. The maximum Gasteiger partial charge on any atom is 0.256 e. The maximum absolute atomic E-state index is 13.2. The van der Waals surface area contributed by atoms with Gasteiger partial charge in [0.25, 0.3) is 5.91 Å². The van der Waals surface area contributed by atoms with Gasteiger partial charge in [-0.1, -0.05) is 24.3 Å². The smallest absolute Gasteiger partial charge is 0.256 e. The van der Waals surface area contributed by atoms with Crippen molar-refractivity contribution in [3.05, 3.63) is 60.3 Å². The molecule has 6 nitrogen and oxygen atoms in total. The average Bonchev–Trinajstić information content (AvgIpc) is 3.40. The number of fused-ring (bicyclic) bond motifs is 2. The number of H-pyrrole nitrogens is 1. The minimum Gasteiger partial charge on any atom is -0.493 e. The van der Waals surface area contributed by atoms with Crippen molar-refractivity contribution < 1.29 is 19.4 Å². The number of amides is 1. The van der Waals surface area contributed by atoms with E-state index in [1.807, 2.05) is 59.6 Å². The number of rotatable bonds is 4. The summed E-state index contributed by atoms with van der Waals surface area (Å²) in [4.78, 5) is 18.4. The number of aromatic amines is 1. The second-order valence-corrected chi connectivity index (χ2v) is 8.32. The van der Waals surface area contributed by atoms with Gasteiger partial charge in [-0.3, -0.25) is 4.79 Å². The summed E-state index contributed by atoms with van der Waals surface area (Å²) in [5.74, 6) is 1.97. The van der Waals surface area contributed by atoms with E-state index in [1.165, 1.54) is 0 Å². The molecule has 2 fully saturated rings. The molecule has 0 spiro atoms. The number of likely N-dealkylation sites (tertiary alicyclic amines) is 1. The van der Waals surface area contributed by atoms with E-state index in [0.717, 1.165) is 17.3 Å². The van der Waals surface area contributed by atoms with Crippen molar-refractivity contribution in [3.63, 3.8) is 0 Å². The number of methoxy groups -OCH3 is 1. The lowest BCUT2D eigenvalue weighted by Gasteiger charge is -2.35. The van der Waals surface area contributed by atoms with Crippen LogP contribution in [0.25, 0.3) is 10.9 Å². The molecule has 0 radical (unpaired) electrons. The van der Waals surface area contributed by atoms with Gasteiger partial charge in [0.05, 0.1) is 24.3 Å². The molecule has 0 unspecified atom stereocenters. The summed E-state index contributed by atoms with van der Waals surface area (Å²) in [5, 5.41) is 11.8. The molecule has 3 aromatic rings. The van der Waals surface area contributed by atoms with Crippen molar-refractivity contribution in [3.8, 4) is 11.5 Å². The van der Waals surface area contributed by atoms with Crippen molar-refractivity contribution in [1.82, 2.24) is 9.88 Å². The molecule has 1 aliphatic carbocycles. The zero-order chi connectivity index (χ0) is 20.7. The van der Waals surface area contributed by atoms with Crippen molar-refractivity contribution in [1.29, 1.82) is 0 Å². The minimum atomic E-state index is -0.557. The third kappa shape index (κ3) is 3.31. The molecule has 6 heteroatoms. The number of para-hydroxylation sites is 3. The molecular weight excluding hydrogens is 380 g/mol. The van der Waals surface area contributed by atoms with Crippen LogP contribution in [0, 0.1) is 11.8 Å². The molecule has 5 rings (SSSR count). The summed E-state index contributed by atoms with van der Waals surface area (Å²) >= 11 is 0. The fourth-order valence-corrected chi connectivity index (χ4v) is 5.00. The Hall–Kier alpha value is -2.99. The van der Waals surface area contributed by atoms with E-state index in [2.05, 4.69) is 4.98 Å². The highest BCUT2D eigenvalue weighted by atomic mass is 16.5. The molecule has 1 aliphatic heterocycles. The predicted molar refractivity (Wildman–Crippen MR) is 114 cm³/mol. The van der Waals surface area contributed by atoms with Gasteiger partial charge in [-0.05, 0) is 48.9 Å². The van der Waals surface area contributed by atoms with Crippen LogP contribution in [0.15, 0.2) is 54.7 Å². The van der Waals surface area contributed by atoms with E-state index >= 15 is 0 Å². The molecule has 2 aromatic carbocycles. The number of carbonyl (C=O) groups excluding carboxylic acids is 1. The van der Waals surface area contributed by atoms with Crippen LogP contribution in [0.2, 0.25) is 0 Å². The number of nitrogens with zero attached hydrogens (tertiary/aromatic N) is 1. The fourth-order valence-electron chi connectivity index (χ4n) is 5.00. The Labute approximate surface area is 175 Å². The number of aliphatic hydroxyl groups excluding tert-OH is 1. The molecule has 2 aliphatic rings. The second kappa shape index (κ2) is 7.69. The maximum atomic E-state index is 13.2. The van der Waals surface area contributed by atoms with Gasteiger partial charge in [-0.15, -0.1) is 0 Å². The third-order valence-corrected chi connectivity index (χ3v) is 6.54. The van der Waals surface area contributed by atoms with Crippen LogP contribution in [0.4, 0.5) is 0 Å². The first kappa shape index (κ1) is 19.0. The molecule has 4 atom stereocenters. The van der Waals surface area contributed by atoms with Gasteiger partial charge < -0.3 is 24.5 Å². The average molecular weight is 406 g/mol. The molecule has 1 saturated heterocycles. The molecule has 156 valence electrons. The van der Waals surface area contributed by atoms with Crippen molar-refractivity contribution in [2.24, 2.45) is 11.8 Å². The van der Waals surface area contributed by atoms with Gasteiger partial charge >= 0.3 is 0 Å². The SMILES string of the molecule is COc1ccccc1O[C@@H]1C[C@@H]2CN(C(=O)c3cccc4cc[nH]c34)C[C@@H]2C[C@H]1O. The zero-order valence-electron chi connectivity index (χ0n) is 17.0.